The fourth-order valence-corrected chi connectivity index (χ4v) is 3.46. The van der Waals surface area contributed by atoms with E-state index in [1.807, 2.05) is 37.3 Å². The molecule has 1 fully saturated rings. The molecule has 0 radical (unpaired) electrons. The van der Waals surface area contributed by atoms with Crippen LogP contribution in [0.1, 0.15) is 66.8 Å². The number of hydrogen-bond acceptors (Lipinski definition) is 4. The van der Waals surface area contributed by atoms with E-state index >= 15 is 0 Å². The minimum Gasteiger partial charge on any atom is -0.501 e. The standard InChI is InChI=1S/C20H25N3O3/c1-13(15-10-6-3-7-11-15)18-22-16(17(24)20(26)23-18)19(25)21-12-14-8-4-2-5-9-14/h3,6-7,10-11,13-14,24H,2,4-5,8-9,12H2,1H3,(H,21,25)(H,22,23,26). The maximum absolute atomic E-state index is 12.5. The highest BCUT2D eigenvalue weighted by Gasteiger charge is 2.22. The van der Waals surface area contributed by atoms with Gasteiger partial charge in [-0.2, -0.15) is 0 Å². The highest BCUT2D eigenvalue weighted by atomic mass is 16.3. The van der Waals surface area contributed by atoms with Crippen molar-refractivity contribution in [3.8, 4) is 5.75 Å². The van der Waals surface area contributed by atoms with Crippen LogP contribution in [0.15, 0.2) is 35.1 Å². The van der Waals surface area contributed by atoms with Gasteiger partial charge in [-0.25, -0.2) is 4.98 Å². The molecule has 1 saturated carbocycles. The Kier molecular flexibility index (Phi) is 5.71. The summed E-state index contributed by atoms with van der Waals surface area (Å²) in [4.78, 5) is 31.4. The Morgan fingerprint density at radius 2 is 1.96 bits per heavy atom. The van der Waals surface area contributed by atoms with Crippen molar-refractivity contribution in [2.45, 2.75) is 44.9 Å². The molecular weight excluding hydrogens is 330 g/mol. The first-order chi connectivity index (χ1) is 12.6. The van der Waals surface area contributed by atoms with Crippen LogP contribution < -0.4 is 10.9 Å². The van der Waals surface area contributed by atoms with E-state index in [1.165, 1.54) is 19.3 Å². The smallest absolute Gasteiger partial charge is 0.293 e. The van der Waals surface area contributed by atoms with Crippen molar-refractivity contribution in [2.75, 3.05) is 6.54 Å². The molecule has 6 nitrogen and oxygen atoms in total. The lowest BCUT2D eigenvalue weighted by Gasteiger charge is -2.21. The molecule has 0 aliphatic heterocycles. The van der Waals surface area contributed by atoms with Crippen molar-refractivity contribution in [2.24, 2.45) is 5.92 Å². The van der Waals surface area contributed by atoms with Gasteiger partial charge < -0.3 is 15.4 Å². The minimum absolute atomic E-state index is 0.200. The van der Waals surface area contributed by atoms with Crippen LogP contribution >= 0.6 is 0 Å². The van der Waals surface area contributed by atoms with Gasteiger partial charge in [-0.1, -0.05) is 56.5 Å². The lowest BCUT2D eigenvalue weighted by molar-refractivity contribution is 0.0934. The number of aromatic hydroxyl groups is 1. The first-order valence-electron chi connectivity index (χ1n) is 9.22. The second-order valence-corrected chi connectivity index (χ2v) is 6.99. The summed E-state index contributed by atoms with van der Waals surface area (Å²) in [5.74, 6) is -0.508. The van der Waals surface area contributed by atoms with Crippen molar-refractivity contribution < 1.29 is 9.90 Å². The lowest BCUT2D eigenvalue weighted by atomic mass is 9.89. The van der Waals surface area contributed by atoms with Gasteiger partial charge >= 0.3 is 0 Å². The molecule has 0 saturated heterocycles. The highest BCUT2D eigenvalue weighted by Crippen LogP contribution is 2.24. The zero-order valence-electron chi connectivity index (χ0n) is 15.0. The summed E-state index contributed by atoms with van der Waals surface area (Å²) in [6, 6.07) is 9.58. The van der Waals surface area contributed by atoms with Crippen molar-refractivity contribution in [1.29, 1.82) is 0 Å². The van der Waals surface area contributed by atoms with Gasteiger partial charge in [0.1, 0.15) is 5.82 Å². The van der Waals surface area contributed by atoms with Crippen LogP contribution in [0.5, 0.6) is 5.75 Å². The average molecular weight is 355 g/mol. The molecule has 1 aromatic heterocycles. The maximum Gasteiger partial charge on any atom is 0.293 e. The molecular formula is C20H25N3O3. The third kappa shape index (κ3) is 4.12. The second-order valence-electron chi connectivity index (χ2n) is 6.99. The Bertz CT molecular complexity index is 811. The first-order valence-corrected chi connectivity index (χ1v) is 9.22. The molecule has 1 amide bonds. The number of nitrogens with zero attached hydrogens (tertiary/aromatic N) is 1. The summed E-state index contributed by atoms with van der Waals surface area (Å²) in [5, 5.41) is 12.8. The molecule has 1 aliphatic rings. The molecule has 0 bridgehead atoms. The molecule has 1 aliphatic carbocycles. The molecule has 1 aromatic carbocycles. The molecule has 1 heterocycles. The number of hydrogen-bond donors (Lipinski definition) is 3. The number of benzene rings is 1. The van der Waals surface area contributed by atoms with E-state index in [-0.39, 0.29) is 11.6 Å². The van der Waals surface area contributed by atoms with E-state index in [9.17, 15) is 14.7 Å². The monoisotopic (exact) mass is 355 g/mol. The normalized spacial score (nSPS) is 16.2. The fourth-order valence-electron chi connectivity index (χ4n) is 3.46. The topological polar surface area (TPSA) is 95.1 Å². The number of aromatic nitrogens is 2. The van der Waals surface area contributed by atoms with Gasteiger partial charge in [0.05, 0.1) is 0 Å². The van der Waals surface area contributed by atoms with Gasteiger partial charge in [-0.3, -0.25) is 9.59 Å². The van der Waals surface area contributed by atoms with Crippen LogP contribution in [-0.2, 0) is 0 Å². The van der Waals surface area contributed by atoms with E-state index in [0.717, 1.165) is 18.4 Å². The van der Waals surface area contributed by atoms with E-state index < -0.39 is 17.2 Å². The summed E-state index contributed by atoms with van der Waals surface area (Å²) in [5.41, 5.74) is 0.0674. The second kappa shape index (κ2) is 8.17. The van der Waals surface area contributed by atoms with Crippen LogP contribution in [0.4, 0.5) is 0 Å². The van der Waals surface area contributed by atoms with Gasteiger partial charge in [0.25, 0.3) is 11.5 Å². The van der Waals surface area contributed by atoms with Crippen LogP contribution in [0.25, 0.3) is 0 Å². The quantitative estimate of drug-likeness (QED) is 0.768. The third-order valence-corrected chi connectivity index (χ3v) is 5.11. The first kappa shape index (κ1) is 18.2. The molecule has 2 aromatic rings. The highest BCUT2D eigenvalue weighted by molar-refractivity contribution is 5.94. The Morgan fingerprint density at radius 1 is 1.27 bits per heavy atom. The lowest BCUT2D eigenvalue weighted by Crippen LogP contribution is -2.32. The molecule has 138 valence electrons. The summed E-state index contributed by atoms with van der Waals surface area (Å²) < 4.78 is 0. The molecule has 3 N–H and O–H groups in total. The number of aromatic amines is 1. The Balaban J connectivity index is 1.79. The third-order valence-electron chi connectivity index (χ3n) is 5.11. The van der Waals surface area contributed by atoms with Gasteiger partial charge in [-0.05, 0) is 24.3 Å². The average Bonchev–Trinajstić information content (AvgIpc) is 2.69. The predicted octanol–water partition coefficient (Wildman–Crippen LogP) is 2.94. The van der Waals surface area contributed by atoms with Crippen molar-refractivity contribution in [1.82, 2.24) is 15.3 Å². The Morgan fingerprint density at radius 3 is 2.65 bits per heavy atom. The van der Waals surface area contributed by atoms with Gasteiger partial charge in [0.15, 0.2) is 5.69 Å². The number of H-pyrrole nitrogens is 1. The summed E-state index contributed by atoms with van der Waals surface area (Å²) in [6.07, 6.45) is 5.83. The zero-order chi connectivity index (χ0) is 18.5. The van der Waals surface area contributed by atoms with E-state index in [0.29, 0.717) is 18.3 Å². The van der Waals surface area contributed by atoms with Gasteiger partial charge in [-0.15, -0.1) is 0 Å². The number of amides is 1. The number of rotatable bonds is 5. The number of carbonyl (C=O) groups excluding carboxylic acids is 1. The van der Waals surface area contributed by atoms with Crippen molar-refractivity contribution in [3.63, 3.8) is 0 Å². The molecule has 3 rings (SSSR count). The largest absolute Gasteiger partial charge is 0.501 e. The molecule has 6 heteroatoms. The fraction of sp³-hybridized carbons (Fsp3) is 0.450. The van der Waals surface area contributed by atoms with Crippen molar-refractivity contribution in [3.05, 3.63) is 57.8 Å². The maximum atomic E-state index is 12.5. The number of nitrogens with one attached hydrogen (secondary N) is 2. The predicted molar refractivity (Wildman–Crippen MR) is 99.4 cm³/mol. The van der Waals surface area contributed by atoms with Crippen molar-refractivity contribution >= 4 is 5.91 Å². The molecule has 1 atom stereocenters. The minimum atomic E-state index is -0.694. The van der Waals surface area contributed by atoms with Crippen LogP contribution in [0, 0.1) is 5.92 Å². The van der Waals surface area contributed by atoms with E-state index in [4.69, 9.17) is 0 Å². The van der Waals surface area contributed by atoms with Gasteiger partial charge in [0, 0.05) is 12.5 Å². The molecule has 0 spiro atoms. The summed E-state index contributed by atoms with van der Waals surface area (Å²) in [7, 11) is 0. The zero-order valence-corrected chi connectivity index (χ0v) is 15.0. The summed E-state index contributed by atoms with van der Waals surface area (Å²) in [6.45, 7) is 2.45. The number of carbonyl (C=O) groups is 1. The summed E-state index contributed by atoms with van der Waals surface area (Å²) >= 11 is 0. The van der Waals surface area contributed by atoms with Crippen LogP contribution in [0.2, 0.25) is 0 Å². The Hall–Kier alpha value is -2.63. The molecule has 26 heavy (non-hydrogen) atoms. The Labute approximate surface area is 152 Å². The van der Waals surface area contributed by atoms with Crippen LogP contribution in [0.3, 0.4) is 0 Å². The molecule has 1 unspecified atom stereocenters. The SMILES string of the molecule is CC(c1ccccc1)c1nc(C(=O)NCC2CCCCC2)c(O)c(=O)[nH]1. The van der Waals surface area contributed by atoms with Crippen LogP contribution in [-0.4, -0.2) is 27.5 Å². The van der Waals surface area contributed by atoms with E-state index in [1.54, 1.807) is 0 Å². The van der Waals surface area contributed by atoms with E-state index in [2.05, 4.69) is 15.3 Å². The van der Waals surface area contributed by atoms with Gasteiger partial charge in [0.2, 0.25) is 5.75 Å².